The van der Waals surface area contributed by atoms with E-state index >= 15 is 0 Å². The number of hydrogen-bond acceptors (Lipinski definition) is 8. The maximum atomic E-state index is 13.4. The lowest BCUT2D eigenvalue weighted by Gasteiger charge is -2.30. The summed E-state index contributed by atoms with van der Waals surface area (Å²) < 4.78 is 0. The average Bonchev–Trinajstić information content (AvgIpc) is 3.33. The van der Waals surface area contributed by atoms with Gasteiger partial charge >= 0.3 is 11.9 Å². The van der Waals surface area contributed by atoms with Crippen molar-refractivity contribution in [2.24, 2.45) is 27.9 Å². The monoisotopic (exact) mass is 528 g/mol. The van der Waals surface area contributed by atoms with E-state index in [1.165, 1.54) is 4.90 Å². The van der Waals surface area contributed by atoms with Gasteiger partial charge in [0.1, 0.15) is 18.1 Å². The van der Waals surface area contributed by atoms with E-state index < -0.39 is 53.8 Å². The number of likely N-dealkylation sites (tertiary alicyclic amines) is 1. The second-order valence-electron chi connectivity index (χ2n) is 8.92. The molecule has 1 aliphatic heterocycles. The molecule has 15 heteroatoms. The molecule has 15 nitrogen and oxygen atoms in total. The lowest BCUT2D eigenvalue weighted by molar-refractivity contribution is -0.145. The standard InChI is InChI=1S/C22H40N8O7/c23-10-2-1-5-15(21(36)37)29-19(34)16-7-4-12-30(16)20(35)14(6-3-11-27-22(25)26)28-18(33)13(24)8-9-17(31)32/h13-16H,1-12,23-24H2,(H,28,33)(H,29,34)(H,31,32)(H,36,37)(H4,25,26,27). The van der Waals surface area contributed by atoms with Gasteiger partial charge in [-0.25, -0.2) is 4.79 Å². The second-order valence-corrected chi connectivity index (χ2v) is 8.92. The molecule has 4 atom stereocenters. The summed E-state index contributed by atoms with van der Waals surface area (Å²) in [5.41, 5.74) is 21.9. The summed E-state index contributed by atoms with van der Waals surface area (Å²) in [6, 6.07) is -4.22. The van der Waals surface area contributed by atoms with Gasteiger partial charge < -0.3 is 48.7 Å². The molecule has 0 radical (unpaired) electrons. The van der Waals surface area contributed by atoms with Crippen molar-refractivity contribution in [1.82, 2.24) is 15.5 Å². The number of aliphatic imine (C=N–C) groups is 1. The van der Waals surface area contributed by atoms with Gasteiger partial charge in [-0.15, -0.1) is 0 Å². The number of hydrogen-bond donors (Lipinski definition) is 8. The number of nitrogens with zero attached hydrogens (tertiary/aromatic N) is 2. The van der Waals surface area contributed by atoms with Crippen LogP contribution < -0.4 is 33.6 Å². The van der Waals surface area contributed by atoms with Crippen molar-refractivity contribution in [2.75, 3.05) is 19.6 Å². The summed E-state index contributed by atoms with van der Waals surface area (Å²) in [6.07, 6.45) is 2.21. The van der Waals surface area contributed by atoms with Crippen LogP contribution in [0.4, 0.5) is 0 Å². The van der Waals surface area contributed by atoms with Gasteiger partial charge in [-0.05, 0) is 57.9 Å². The van der Waals surface area contributed by atoms with E-state index in [0.29, 0.717) is 38.6 Å². The van der Waals surface area contributed by atoms with Crippen molar-refractivity contribution in [1.29, 1.82) is 0 Å². The topological polar surface area (TPSA) is 270 Å². The van der Waals surface area contributed by atoms with Gasteiger partial charge in [0.2, 0.25) is 17.7 Å². The number of guanidine groups is 1. The Balaban J connectivity index is 2.95. The number of unbranched alkanes of at least 4 members (excludes halogenated alkanes) is 1. The summed E-state index contributed by atoms with van der Waals surface area (Å²) in [5.74, 6) is -4.24. The van der Waals surface area contributed by atoms with Crippen LogP contribution in [0, 0.1) is 0 Å². The zero-order valence-electron chi connectivity index (χ0n) is 20.9. The Bertz CT molecular complexity index is 834. The van der Waals surface area contributed by atoms with E-state index in [0.717, 1.165) is 0 Å². The number of carbonyl (C=O) groups excluding carboxylic acids is 3. The first-order valence-electron chi connectivity index (χ1n) is 12.3. The number of aliphatic carboxylic acids is 2. The largest absolute Gasteiger partial charge is 0.481 e. The number of nitrogens with two attached hydrogens (primary N) is 4. The van der Waals surface area contributed by atoms with Crippen molar-refractivity contribution in [3.8, 4) is 0 Å². The molecule has 12 N–H and O–H groups in total. The first-order chi connectivity index (χ1) is 17.5. The van der Waals surface area contributed by atoms with Gasteiger partial charge in [0.05, 0.1) is 6.04 Å². The van der Waals surface area contributed by atoms with E-state index in [1.54, 1.807) is 0 Å². The van der Waals surface area contributed by atoms with E-state index in [-0.39, 0.29) is 44.7 Å². The first kappa shape index (κ1) is 31.6. The number of nitrogens with one attached hydrogen (secondary N) is 2. The lowest BCUT2D eigenvalue weighted by Crippen LogP contribution is -2.56. The zero-order valence-corrected chi connectivity index (χ0v) is 20.9. The highest BCUT2D eigenvalue weighted by atomic mass is 16.4. The molecule has 0 aliphatic carbocycles. The third-order valence-corrected chi connectivity index (χ3v) is 5.97. The Kier molecular flexibility index (Phi) is 13.9. The highest BCUT2D eigenvalue weighted by Crippen LogP contribution is 2.20. The van der Waals surface area contributed by atoms with Crippen molar-refractivity contribution in [3.63, 3.8) is 0 Å². The van der Waals surface area contributed by atoms with Crippen LogP contribution >= 0.6 is 0 Å². The van der Waals surface area contributed by atoms with Crippen molar-refractivity contribution >= 4 is 35.6 Å². The summed E-state index contributed by atoms with van der Waals surface area (Å²) in [5, 5.41) is 23.4. The van der Waals surface area contributed by atoms with Gasteiger partial charge in [-0.1, -0.05) is 0 Å². The molecule has 1 rings (SSSR count). The smallest absolute Gasteiger partial charge is 0.326 e. The number of carbonyl (C=O) groups is 5. The third-order valence-electron chi connectivity index (χ3n) is 5.97. The Morgan fingerprint density at radius 3 is 2.24 bits per heavy atom. The molecule has 0 aromatic rings. The minimum atomic E-state index is -1.18. The molecule has 0 saturated carbocycles. The average molecular weight is 529 g/mol. The molecule has 0 spiro atoms. The molecular weight excluding hydrogens is 488 g/mol. The molecule has 210 valence electrons. The van der Waals surface area contributed by atoms with Crippen molar-refractivity contribution < 1.29 is 34.2 Å². The molecule has 1 saturated heterocycles. The molecule has 0 bridgehead atoms. The Hall–Kier alpha value is -3.46. The van der Waals surface area contributed by atoms with Gasteiger partial charge in [0.25, 0.3) is 0 Å². The first-order valence-corrected chi connectivity index (χ1v) is 12.3. The fourth-order valence-corrected chi connectivity index (χ4v) is 3.97. The van der Waals surface area contributed by atoms with Gasteiger partial charge in [0, 0.05) is 19.5 Å². The van der Waals surface area contributed by atoms with Crippen LogP contribution in [0.15, 0.2) is 4.99 Å². The molecule has 3 amide bonds. The van der Waals surface area contributed by atoms with Crippen LogP contribution in [0.3, 0.4) is 0 Å². The van der Waals surface area contributed by atoms with E-state index in [4.69, 9.17) is 28.0 Å². The Morgan fingerprint density at radius 1 is 0.973 bits per heavy atom. The van der Waals surface area contributed by atoms with Gasteiger partial charge in [-0.3, -0.25) is 24.2 Å². The molecular formula is C22H40N8O7. The quantitative estimate of drug-likeness (QED) is 0.0551. The van der Waals surface area contributed by atoms with E-state index in [1.807, 2.05) is 0 Å². The number of carboxylic acid groups (broad SMARTS) is 2. The molecule has 37 heavy (non-hydrogen) atoms. The van der Waals surface area contributed by atoms with E-state index in [2.05, 4.69) is 15.6 Å². The SMILES string of the molecule is NCCCCC(NC(=O)C1CCCN1C(=O)C(CCCN=C(N)N)NC(=O)C(N)CCC(=O)O)C(=O)O. The summed E-state index contributed by atoms with van der Waals surface area (Å²) >= 11 is 0. The van der Waals surface area contributed by atoms with Crippen LogP contribution in [-0.4, -0.2) is 94.5 Å². The normalized spacial score (nSPS) is 17.4. The van der Waals surface area contributed by atoms with Crippen LogP contribution in [0.1, 0.15) is 57.8 Å². The molecule has 0 aromatic carbocycles. The highest BCUT2D eigenvalue weighted by Gasteiger charge is 2.39. The predicted octanol–water partition coefficient (Wildman–Crippen LogP) is -2.59. The number of amides is 3. The number of rotatable bonds is 17. The molecule has 4 unspecified atom stereocenters. The highest BCUT2D eigenvalue weighted by molar-refractivity contribution is 5.94. The van der Waals surface area contributed by atoms with Crippen LogP contribution in [-0.2, 0) is 24.0 Å². The summed E-state index contributed by atoms with van der Waals surface area (Å²) in [6.45, 7) is 0.842. The van der Waals surface area contributed by atoms with Gasteiger partial charge in [0.15, 0.2) is 5.96 Å². The summed E-state index contributed by atoms with van der Waals surface area (Å²) in [7, 11) is 0. The van der Waals surface area contributed by atoms with Crippen LogP contribution in [0.5, 0.6) is 0 Å². The zero-order chi connectivity index (χ0) is 28.0. The van der Waals surface area contributed by atoms with Crippen LogP contribution in [0.25, 0.3) is 0 Å². The lowest BCUT2D eigenvalue weighted by atomic mass is 10.1. The maximum absolute atomic E-state index is 13.4. The van der Waals surface area contributed by atoms with Crippen LogP contribution in [0.2, 0.25) is 0 Å². The molecule has 1 heterocycles. The molecule has 1 aliphatic rings. The number of carboxylic acids is 2. The Labute approximate surface area is 215 Å². The van der Waals surface area contributed by atoms with Crippen molar-refractivity contribution in [3.05, 3.63) is 0 Å². The van der Waals surface area contributed by atoms with Gasteiger partial charge in [-0.2, -0.15) is 0 Å². The van der Waals surface area contributed by atoms with Crippen molar-refractivity contribution in [2.45, 2.75) is 82.0 Å². The minimum Gasteiger partial charge on any atom is -0.481 e. The van der Waals surface area contributed by atoms with E-state index in [9.17, 15) is 29.1 Å². The third kappa shape index (κ3) is 11.4. The summed E-state index contributed by atoms with van der Waals surface area (Å²) in [4.78, 5) is 66.5. The molecule has 0 aromatic heterocycles. The maximum Gasteiger partial charge on any atom is 0.326 e. The fourth-order valence-electron chi connectivity index (χ4n) is 3.97. The minimum absolute atomic E-state index is 0.119. The molecule has 1 fully saturated rings. The second kappa shape index (κ2) is 16.3. The fraction of sp³-hybridized carbons (Fsp3) is 0.727. The Morgan fingerprint density at radius 2 is 1.65 bits per heavy atom. The predicted molar refractivity (Wildman–Crippen MR) is 134 cm³/mol.